The predicted octanol–water partition coefficient (Wildman–Crippen LogP) is 9.15. The summed E-state index contributed by atoms with van der Waals surface area (Å²) in [4.78, 5) is 5.43. The summed E-state index contributed by atoms with van der Waals surface area (Å²) in [6.07, 6.45) is 20.4. The third-order valence-electron chi connectivity index (χ3n) is 7.90. The first-order chi connectivity index (χ1) is 17.3. The van der Waals surface area contributed by atoms with E-state index in [1.165, 1.54) is 75.3 Å². The second-order valence-electron chi connectivity index (χ2n) is 10.4. The van der Waals surface area contributed by atoms with Gasteiger partial charge in [0.05, 0.1) is 0 Å². The minimum absolute atomic E-state index is 0.0479. The summed E-state index contributed by atoms with van der Waals surface area (Å²) in [5.41, 5.74) is 2.86. The zero-order valence-corrected chi connectivity index (χ0v) is 22.8. The fraction of sp³-hybridized carbons (Fsp3) is 0.576. The number of unbranched alkanes of at least 4 members (excludes halogenated alkanes) is 8. The highest BCUT2D eigenvalue weighted by atomic mass is 15.4. The lowest BCUT2D eigenvalue weighted by molar-refractivity contribution is -0.00355. The van der Waals surface area contributed by atoms with Crippen molar-refractivity contribution >= 4 is 0 Å². The maximum atomic E-state index is 2.73. The van der Waals surface area contributed by atoms with Crippen molar-refractivity contribution in [1.82, 2.24) is 9.80 Å². The van der Waals surface area contributed by atoms with E-state index in [2.05, 4.69) is 104 Å². The highest BCUT2D eigenvalue weighted by Gasteiger charge is 2.49. The van der Waals surface area contributed by atoms with Gasteiger partial charge in [0.15, 0.2) is 0 Å². The first-order valence-corrected chi connectivity index (χ1v) is 14.6. The molecule has 1 heterocycles. The highest BCUT2D eigenvalue weighted by molar-refractivity contribution is 5.30. The largest absolute Gasteiger partial charge is 0.353 e. The number of nitrogens with zero attached hydrogens (tertiary/aromatic N) is 2. The van der Waals surface area contributed by atoms with Gasteiger partial charge in [-0.25, -0.2) is 0 Å². The molecule has 3 rings (SSSR count). The predicted molar refractivity (Wildman–Crippen MR) is 152 cm³/mol. The Labute approximate surface area is 216 Å². The monoisotopic (exact) mass is 474 g/mol. The van der Waals surface area contributed by atoms with Gasteiger partial charge in [0.1, 0.15) is 5.66 Å². The van der Waals surface area contributed by atoms with Crippen molar-refractivity contribution in [2.24, 2.45) is 0 Å². The summed E-state index contributed by atoms with van der Waals surface area (Å²) in [6.45, 7) is 9.26. The zero-order chi connectivity index (χ0) is 24.8. The van der Waals surface area contributed by atoms with Crippen molar-refractivity contribution in [3.63, 3.8) is 0 Å². The Hall–Kier alpha value is -2.22. The van der Waals surface area contributed by atoms with Crippen molar-refractivity contribution in [2.45, 2.75) is 109 Å². The molecular formula is C33H50N2. The molecule has 2 atom stereocenters. The quantitative estimate of drug-likeness (QED) is 0.211. The molecule has 2 aromatic rings. The molecular weight excluding hydrogens is 424 g/mol. The normalized spacial score (nSPS) is 18.4. The van der Waals surface area contributed by atoms with E-state index in [4.69, 9.17) is 0 Å². The molecule has 0 aromatic heterocycles. The van der Waals surface area contributed by atoms with Crippen LogP contribution in [0.25, 0.3) is 0 Å². The molecule has 2 unspecified atom stereocenters. The van der Waals surface area contributed by atoms with Crippen LogP contribution in [-0.4, -0.2) is 28.6 Å². The maximum Gasteiger partial charge on any atom is 0.123 e. The van der Waals surface area contributed by atoms with Crippen LogP contribution in [0.1, 0.15) is 108 Å². The van der Waals surface area contributed by atoms with Gasteiger partial charge in [-0.3, -0.25) is 0 Å². The summed E-state index contributed by atoms with van der Waals surface area (Å²) in [5, 5.41) is 0. The molecule has 0 radical (unpaired) electrons. The molecule has 0 N–H and O–H groups in total. The zero-order valence-electron chi connectivity index (χ0n) is 22.8. The molecule has 0 amide bonds. The van der Waals surface area contributed by atoms with Gasteiger partial charge in [-0.05, 0) is 30.4 Å². The van der Waals surface area contributed by atoms with Gasteiger partial charge in [0.25, 0.3) is 0 Å². The average molecular weight is 475 g/mol. The molecule has 1 aliphatic heterocycles. The average Bonchev–Trinajstić information content (AvgIpc) is 3.23. The fourth-order valence-electron chi connectivity index (χ4n) is 6.00. The van der Waals surface area contributed by atoms with Gasteiger partial charge in [0.2, 0.25) is 0 Å². The van der Waals surface area contributed by atoms with E-state index in [1.54, 1.807) is 0 Å². The van der Waals surface area contributed by atoms with Crippen LogP contribution < -0.4 is 0 Å². The number of hydrogen-bond acceptors (Lipinski definition) is 2. The molecule has 0 spiro atoms. The van der Waals surface area contributed by atoms with Gasteiger partial charge in [-0.1, -0.05) is 133 Å². The first kappa shape index (κ1) is 27.4. The summed E-state index contributed by atoms with van der Waals surface area (Å²) < 4.78 is 0. The summed E-state index contributed by atoms with van der Waals surface area (Å²) in [7, 11) is 0. The minimum atomic E-state index is -0.0479. The van der Waals surface area contributed by atoms with E-state index in [9.17, 15) is 0 Å². The standard InChI is InChI=1S/C33H50N2/c1-4-7-9-10-11-12-13-20-26-35-28-27-34(25-8-5-2)33(35,29-30-21-16-14-17-22-30)32(6-3)31-23-18-15-19-24-31/h14-19,21-24,27-28,32H,4-13,20,25-26,29H2,1-3H3. The third-order valence-corrected chi connectivity index (χ3v) is 7.90. The molecule has 192 valence electrons. The van der Waals surface area contributed by atoms with Gasteiger partial charge in [0, 0.05) is 37.8 Å². The third kappa shape index (κ3) is 7.38. The lowest BCUT2D eigenvalue weighted by Gasteiger charge is -2.51. The Balaban J connectivity index is 1.84. The SMILES string of the molecule is CCCCCCCCCCN1C=CN(CCCC)C1(Cc1ccccc1)C(CC)c1ccccc1. The second-order valence-corrected chi connectivity index (χ2v) is 10.4. The molecule has 0 bridgehead atoms. The Kier molecular flexibility index (Phi) is 11.7. The Morgan fingerprint density at radius 2 is 1.11 bits per heavy atom. The molecule has 0 fully saturated rings. The van der Waals surface area contributed by atoms with E-state index < -0.39 is 0 Å². The van der Waals surface area contributed by atoms with Crippen LogP contribution in [0.5, 0.6) is 0 Å². The van der Waals surface area contributed by atoms with Crippen LogP contribution in [0.15, 0.2) is 73.1 Å². The van der Waals surface area contributed by atoms with Crippen LogP contribution >= 0.6 is 0 Å². The molecule has 0 saturated carbocycles. The molecule has 2 heteroatoms. The summed E-state index contributed by atoms with van der Waals surface area (Å²) in [5.74, 6) is 0.449. The van der Waals surface area contributed by atoms with Gasteiger partial charge in [-0.15, -0.1) is 0 Å². The first-order valence-electron chi connectivity index (χ1n) is 14.6. The van der Waals surface area contributed by atoms with E-state index in [-0.39, 0.29) is 5.66 Å². The lowest BCUT2D eigenvalue weighted by Crippen LogP contribution is -2.59. The van der Waals surface area contributed by atoms with Crippen molar-refractivity contribution in [3.8, 4) is 0 Å². The fourth-order valence-corrected chi connectivity index (χ4v) is 6.00. The Morgan fingerprint density at radius 1 is 0.600 bits per heavy atom. The van der Waals surface area contributed by atoms with Crippen LogP contribution in [0.3, 0.4) is 0 Å². The van der Waals surface area contributed by atoms with Crippen molar-refractivity contribution in [3.05, 3.63) is 84.2 Å². The number of rotatable bonds is 17. The Bertz CT molecular complexity index is 831. The molecule has 2 aromatic carbocycles. The highest BCUT2D eigenvalue weighted by Crippen LogP contribution is 2.45. The lowest BCUT2D eigenvalue weighted by atomic mass is 9.78. The van der Waals surface area contributed by atoms with E-state index in [0.29, 0.717) is 5.92 Å². The van der Waals surface area contributed by atoms with Crippen molar-refractivity contribution in [2.75, 3.05) is 13.1 Å². The van der Waals surface area contributed by atoms with Crippen molar-refractivity contribution < 1.29 is 0 Å². The van der Waals surface area contributed by atoms with Crippen LogP contribution in [0.2, 0.25) is 0 Å². The van der Waals surface area contributed by atoms with Gasteiger partial charge < -0.3 is 9.80 Å². The minimum Gasteiger partial charge on any atom is -0.353 e. The topological polar surface area (TPSA) is 6.48 Å². The van der Waals surface area contributed by atoms with Crippen LogP contribution in [0.4, 0.5) is 0 Å². The van der Waals surface area contributed by atoms with Gasteiger partial charge in [-0.2, -0.15) is 0 Å². The molecule has 35 heavy (non-hydrogen) atoms. The number of hydrogen-bond donors (Lipinski definition) is 0. The summed E-state index contributed by atoms with van der Waals surface area (Å²) >= 11 is 0. The molecule has 2 nitrogen and oxygen atoms in total. The number of benzene rings is 2. The molecule has 0 aliphatic carbocycles. The van der Waals surface area contributed by atoms with E-state index in [1.807, 2.05) is 0 Å². The van der Waals surface area contributed by atoms with Gasteiger partial charge >= 0.3 is 0 Å². The van der Waals surface area contributed by atoms with E-state index >= 15 is 0 Å². The Morgan fingerprint density at radius 3 is 1.69 bits per heavy atom. The molecule has 0 saturated heterocycles. The van der Waals surface area contributed by atoms with Crippen molar-refractivity contribution in [1.29, 1.82) is 0 Å². The summed E-state index contributed by atoms with van der Waals surface area (Å²) in [6, 6.07) is 22.5. The van der Waals surface area contributed by atoms with Crippen LogP contribution in [0, 0.1) is 0 Å². The second kappa shape index (κ2) is 15.0. The van der Waals surface area contributed by atoms with Crippen LogP contribution in [-0.2, 0) is 6.42 Å². The molecule has 1 aliphatic rings. The smallest absolute Gasteiger partial charge is 0.123 e. The van der Waals surface area contributed by atoms with E-state index in [0.717, 1.165) is 25.9 Å². The maximum absolute atomic E-state index is 2.73.